The highest BCUT2D eigenvalue weighted by molar-refractivity contribution is 7.91. The molecule has 3 rings (SSSR count). The molecule has 1 N–H and O–H groups in total. The van der Waals surface area contributed by atoms with E-state index in [0.29, 0.717) is 5.92 Å². The van der Waals surface area contributed by atoms with Gasteiger partial charge in [-0.3, -0.25) is 0 Å². The summed E-state index contributed by atoms with van der Waals surface area (Å²) in [5.74, 6) is 0.421. The summed E-state index contributed by atoms with van der Waals surface area (Å²) in [5, 5.41) is 10.5. The first kappa shape index (κ1) is 14.1. The standard InChI is InChI=1S/C14H22N2O3S/c1-13(2)10-4-5-14(13,11(17)8-10)9-20(18,19)12-15-6-7-16(12)3/h6-7,10-11,17H,4-5,8-9H2,1-3H3/t10-,11+,14-/m0/s1. The van der Waals surface area contributed by atoms with Crippen molar-refractivity contribution in [3.63, 3.8) is 0 Å². The molecule has 1 aromatic rings. The van der Waals surface area contributed by atoms with E-state index in [1.54, 1.807) is 13.2 Å². The summed E-state index contributed by atoms with van der Waals surface area (Å²) in [5.41, 5.74) is -0.660. The number of aromatic nitrogens is 2. The van der Waals surface area contributed by atoms with Gasteiger partial charge in [-0.25, -0.2) is 13.4 Å². The molecule has 0 radical (unpaired) electrons. The van der Waals surface area contributed by atoms with Gasteiger partial charge in [0.25, 0.3) is 0 Å². The zero-order valence-electron chi connectivity index (χ0n) is 12.2. The van der Waals surface area contributed by atoms with Gasteiger partial charge < -0.3 is 9.67 Å². The molecule has 0 unspecified atom stereocenters. The summed E-state index contributed by atoms with van der Waals surface area (Å²) in [6.45, 7) is 4.21. The highest BCUT2D eigenvalue weighted by atomic mass is 32.2. The zero-order chi connectivity index (χ0) is 14.8. The van der Waals surface area contributed by atoms with Crippen LogP contribution >= 0.6 is 0 Å². The first-order valence-electron chi connectivity index (χ1n) is 7.09. The van der Waals surface area contributed by atoms with Gasteiger partial charge in [0, 0.05) is 24.9 Å². The Kier molecular flexibility index (Phi) is 2.86. The molecule has 2 bridgehead atoms. The third-order valence-corrected chi connectivity index (χ3v) is 7.74. The van der Waals surface area contributed by atoms with Crippen LogP contribution in [0, 0.1) is 16.7 Å². The number of sulfone groups is 1. The van der Waals surface area contributed by atoms with E-state index in [1.807, 2.05) is 0 Å². The van der Waals surface area contributed by atoms with Crippen LogP contribution in [0.5, 0.6) is 0 Å². The van der Waals surface area contributed by atoms with E-state index in [2.05, 4.69) is 18.8 Å². The molecule has 2 fully saturated rings. The van der Waals surface area contributed by atoms with E-state index < -0.39 is 21.4 Å². The van der Waals surface area contributed by atoms with Gasteiger partial charge in [0.15, 0.2) is 0 Å². The van der Waals surface area contributed by atoms with Crippen LogP contribution in [-0.2, 0) is 16.9 Å². The third kappa shape index (κ3) is 1.64. The van der Waals surface area contributed by atoms with Crippen molar-refractivity contribution >= 4 is 9.84 Å². The molecule has 0 spiro atoms. The number of rotatable bonds is 3. The molecule has 2 aliphatic rings. The van der Waals surface area contributed by atoms with Crippen molar-refractivity contribution in [2.24, 2.45) is 23.8 Å². The molecule has 1 heterocycles. The van der Waals surface area contributed by atoms with Gasteiger partial charge in [0.2, 0.25) is 15.0 Å². The summed E-state index contributed by atoms with van der Waals surface area (Å²) >= 11 is 0. The molecule has 0 aromatic carbocycles. The van der Waals surface area contributed by atoms with Crippen LogP contribution in [0.3, 0.4) is 0 Å². The van der Waals surface area contributed by atoms with E-state index in [-0.39, 0.29) is 16.3 Å². The van der Waals surface area contributed by atoms with Gasteiger partial charge in [-0.2, -0.15) is 0 Å². The predicted octanol–water partition coefficient (Wildman–Crippen LogP) is 1.38. The van der Waals surface area contributed by atoms with Crippen LogP contribution < -0.4 is 0 Å². The highest BCUT2D eigenvalue weighted by Gasteiger charge is 2.65. The van der Waals surface area contributed by atoms with Crippen molar-refractivity contribution in [1.82, 2.24) is 9.55 Å². The summed E-state index contributed by atoms with van der Waals surface area (Å²) in [6.07, 6.45) is 5.14. The molecule has 6 heteroatoms. The van der Waals surface area contributed by atoms with Crippen LogP contribution in [0.2, 0.25) is 0 Å². The molecular formula is C14H22N2O3S. The Morgan fingerprint density at radius 3 is 2.65 bits per heavy atom. The number of fused-ring (bicyclic) bond motifs is 2. The zero-order valence-corrected chi connectivity index (χ0v) is 13.0. The van der Waals surface area contributed by atoms with Gasteiger partial charge in [-0.05, 0) is 30.6 Å². The first-order chi connectivity index (χ1) is 9.21. The SMILES string of the molecule is Cn1ccnc1S(=O)(=O)C[C@@]12CC[C@@H](C[C@H]1O)C2(C)C. The number of nitrogens with zero attached hydrogens (tertiary/aromatic N) is 2. The van der Waals surface area contributed by atoms with E-state index in [4.69, 9.17) is 0 Å². The maximum absolute atomic E-state index is 12.7. The minimum Gasteiger partial charge on any atom is -0.392 e. The second kappa shape index (κ2) is 4.07. The van der Waals surface area contributed by atoms with E-state index >= 15 is 0 Å². The van der Waals surface area contributed by atoms with Gasteiger partial charge in [0.1, 0.15) is 0 Å². The summed E-state index contributed by atoms with van der Waals surface area (Å²) < 4.78 is 26.9. The van der Waals surface area contributed by atoms with Crippen LogP contribution in [-0.4, -0.2) is 34.9 Å². The fourth-order valence-electron chi connectivity index (χ4n) is 4.43. The normalized spacial score (nSPS) is 35.6. The lowest BCUT2D eigenvalue weighted by molar-refractivity contribution is 0.0152. The molecule has 3 atom stereocenters. The van der Waals surface area contributed by atoms with Gasteiger partial charge in [-0.15, -0.1) is 0 Å². The number of hydrogen-bond acceptors (Lipinski definition) is 4. The summed E-state index contributed by atoms with van der Waals surface area (Å²) in [7, 11) is -1.80. The summed E-state index contributed by atoms with van der Waals surface area (Å²) in [4.78, 5) is 3.97. The third-order valence-electron chi connectivity index (χ3n) is 5.89. The lowest BCUT2D eigenvalue weighted by Gasteiger charge is -2.40. The van der Waals surface area contributed by atoms with Crippen molar-refractivity contribution in [3.8, 4) is 0 Å². The molecule has 112 valence electrons. The van der Waals surface area contributed by atoms with Crippen molar-refractivity contribution in [1.29, 1.82) is 0 Å². The molecule has 2 saturated carbocycles. The van der Waals surface area contributed by atoms with E-state index in [1.165, 1.54) is 10.8 Å². The minimum atomic E-state index is -3.49. The Morgan fingerprint density at radius 1 is 1.50 bits per heavy atom. The van der Waals surface area contributed by atoms with Gasteiger partial charge in [0.05, 0.1) is 11.9 Å². The topological polar surface area (TPSA) is 72.2 Å². The molecule has 0 saturated heterocycles. The second-order valence-electron chi connectivity index (χ2n) is 6.94. The molecule has 1 aromatic heterocycles. The van der Waals surface area contributed by atoms with Crippen molar-refractivity contribution in [2.75, 3.05) is 5.75 Å². The second-order valence-corrected chi connectivity index (χ2v) is 8.83. The average molecular weight is 298 g/mol. The lowest BCUT2D eigenvalue weighted by Crippen LogP contribution is -2.44. The number of aliphatic hydroxyl groups is 1. The smallest absolute Gasteiger partial charge is 0.227 e. The fourth-order valence-corrected chi connectivity index (χ4v) is 6.67. The maximum Gasteiger partial charge on any atom is 0.227 e. The number of hydrogen-bond donors (Lipinski definition) is 1. The molecule has 0 aliphatic heterocycles. The summed E-state index contributed by atoms with van der Waals surface area (Å²) in [6, 6.07) is 0. The minimum absolute atomic E-state index is 0.00444. The van der Waals surface area contributed by atoms with Crippen LogP contribution in [0.15, 0.2) is 17.6 Å². The highest BCUT2D eigenvalue weighted by Crippen LogP contribution is 2.66. The van der Waals surface area contributed by atoms with Crippen LogP contribution in [0.1, 0.15) is 33.1 Å². The Hall–Kier alpha value is -0.880. The largest absolute Gasteiger partial charge is 0.392 e. The van der Waals surface area contributed by atoms with Gasteiger partial charge in [-0.1, -0.05) is 13.8 Å². The monoisotopic (exact) mass is 298 g/mol. The van der Waals surface area contributed by atoms with Crippen molar-refractivity contribution in [2.45, 2.75) is 44.4 Å². The molecule has 0 amide bonds. The number of aryl methyl sites for hydroxylation is 1. The molecule has 5 nitrogen and oxygen atoms in total. The predicted molar refractivity (Wildman–Crippen MR) is 74.8 cm³/mol. The Bertz CT molecular complexity index is 635. The van der Waals surface area contributed by atoms with Crippen molar-refractivity contribution in [3.05, 3.63) is 12.4 Å². The van der Waals surface area contributed by atoms with E-state index in [0.717, 1.165) is 19.3 Å². The Balaban J connectivity index is 2.01. The number of imidazole rings is 1. The maximum atomic E-state index is 12.7. The molecule has 2 aliphatic carbocycles. The lowest BCUT2D eigenvalue weighted by atomic mass is 9.70. The van der Waals surface area contributed by atoms with Crippen LogP contribution in [0.4, 0.5) is 0 Å². The number of aliphatic hydroxyl groups excluding tert-OH is 1. The molecule has 20 heavy (non-hydrogen) atoms. The average Bonchev–Trinajstić information content (AvgIpc) is 2.91. The van der Waals surface area contributed by atoms with E-state index in [9.17, 15) is 13.5 Å². The first-order valence-corrected chi connectivity index (χ1v) is 8.74. The quantitative estimate of drug-likeness (QED) is 0.915. The van der Waals surface area contributed by atoms with Crippen LogP contribution in [0.25, 0.3) is 0 Å². The van der Waals surface area contributed by atoms with Gasteiger partial charge >= 0.3 is 0 Å². The van der Waals surface area contributed by atoms with Crippen molar-refractivity contribution < 1.29 is 13.5 Å². The Labute approximate surface area is 119 Å². The Morgan fingerprint density at radius 2 is 2.20 bits per heavy atom. The fraction of sp³-hybridized carbons (Fsp3) is 0.786. The molecular weight excluding hydrogens is 276 g/mol.